The van der Waals surface area contributed by atoms with E-state index in [2.05, 4.69) is 5.10 Å². The van der Waals surface area contributed by atoms with Gasteiger partial charge in [-0.1, -0.05) is 41.9 Å². The molecule has 1 aromatic heterocycles. The normalized spacial score (nSPS) is 10.5. The number of halogens is 1. The number of benzene rings is 2. The van der Waals surface area contributed by atoms with E-state index in [9.17, 15) is 9.59 Å². The number of hydrogen-bond donors (Lipinski definition) is 0. The zero-order chi connectivity index (χ0) is 21.7. The van der Waals surface area contributed by atoms with Gasteiger partial charge in [0.1, 0.15) is 22.2 Å². The summed E-state index contributed by atoms with van der Waals surface area (Å²) in [4.78, 5) is 25.2. The van der Waals surface area contributed by atoms with Crippen LogP contribution in [0.15, 0.2) is 48.5 Å². The standard InChI is InChI=1S/C22H21ClN2O5/c1-14-20(21(23)25(24-14)12-15-7-5-4-6-8-15)22(27)30-13-18(26)17-11-16(28-2)9-10-19(17)29-3/h4-11H,12-13H2,1-3H3. The molecule has 1 heterocycles. The number of rotatable bonds is 8. The zero-order valence-corrected chi connectivity index (χ0v) is 17.6. The molecule has 0 aliphatic rings. The van der Waals surface area contributed by atoms with E-state index in [1.165, 1.54) is 25.0 Å². The number of ether oxygens (including phenoxy) is 3. The first-order valence-electron chi connectivity index (χ1n) is 9.13. The Hall–Kier alpha value is -3.32. The van der Waals surface area contributed by atoms with Gasteiger partial charge in [-0.15, -0.1) is 0 Å². The highest BCUT2D eigenvalue weighted by Crippen LogP contribution is 2.25. The van der Waals surface area contributed by atoms with Crippen LogP contribution in [0.5, 0.6) is 11.5 Å². The highest BCUT2D eigenvalue weighted by Gasteiger charge is 2.23. The van der Waals surface area contributed by atoms with Crippen molar-refractivity contribution in [1.82, 2.24) is 9.78 Å². The van der Waals surface area contributed by atoms with Gasteiger partial charge in [0.05, 0.1) is 32.0 Å². The number of ketones is 1. The summed E-state index contributed by atoms with van der Waals surface area (Å²) in [5, 5.41) is 4.48. The largest absolute Gasteiger partial charge is 0.497 e. The van der Waals surface area contributed by atoms with Crippen LogP contribution >= 0.6 is 11.6 Å². The minimum Gasteiger partial charge on any atom is -0.497 e. The molecule has 0 radical (unpaired) electrons. The van der Waals surface area contributed by atoms with E-state index in [-0.39, 0.29) is 16.3 Å². The number of methoxy groups -OCH3 is 2. The van der Waals surface area contributed by atoms with Gasteiger partial charge in [-0.05, 0) is 30.7 Å². The Morgan fingerprint density at radius 2 is 1.80 bits per heavy atom. The van der Waals surface area contributed by atoms with Crippen molar-refractivity contribution in [3.8, 4) is 11.5 Å². The summed E-state index contributed by atoms with van der Waals surface area (Å²) in [5.41, 5.74) is 1.81. The van der Waals surface area contributed by atoms with Gasteiger partial charge in [0.25, 0.3) is 0 Å². The van der Waals surface area contributed by atoms with Gasteiger partial charge in [0.2, 0.25) is 5.78 Å². The molecule has 8 heteroatoms. The Morgan fingerprint density at radius 3 is 2.47 bits per heavy atom. The van der Waals surface area contributed by atoms with E-state index < -0.39 is 18.4 Å². The topological polar surface area (TPSA) is 79.7 Å². The molecule has 0 fully saturated rings. The van der Waals surface area contributed by atoms with E-state index in [0.29, 0.717) is 23.7 Å². The van der Waals surface area contributed by atoms with E-state index in [1.807, 2.05) is 30.3 Å². The average molecular weight is 429 g/mol. The molecular formula is C22H21ClN2O5. The highest BCUT2D eigenvalue weighted by atomic mass is 35.5. The number of hydrogen-bond acceptors (Lipinski definition) is 6. The van der Waals surface area contributed by atoms with Gasteiger partial charge < -0.3 is 14.2 Å². The number of carbonyl (C=O) groups is 2. The van der Waals surface area contributed by atoms with Gasteiger partial charge in [0.15, 0.2) is 6.61 Å². The van der Waals surface area contributed by atoms with Crippen LogP contribution in [0.25, 0.3) is 0 Å². The quantitative estimate of drug-likeness (QED) is 0.399. The molecule has 0 amide bonds. The Balaban J connectivity index is 1.73. The summed E-state index contributed by atoms with van der Waals surface area (Å²) in [6.07, 6.45) is 0. The monoisotopic (exact) mass is 428 g/mol. The van der Waals surface area contributed by atoms with Crippen LogP contribution in [-0.2, 0) is 11.3 Å². The second-order valence-corrected chi connectivity index (χ2v) is 6.82. The first-order valence-corrected chi connectivity index (χ1v) is 9.51. The lowest BCUT2D eigenvalue weighted by atomic mass is 10.1. The van der Waals surface area contributed by atoms with Crippen molar-refractivity contribution < 1.29 is 23.8 Å². The maximum Gasteiger partial charge on any atom is 0.343 e. The van der Waals surface area contributed by atoms with E-state index >= 15 is 0 Å². The Bertz CT molecular complexity index is 1060. The number of nitrogens with zero attached hydrogens (tertiary/aromatic N) is 2. The first kappa shape index (κ1) is 21.4. The zero-order valence-electron chi connectivity index (χ0n) is 16.8. The predicted octanol–water partition coefficient (Wildman–Crippen LogP) is 3.95. The van der Waals surface area contributed by atoms with Crippen molar-refractivity contribution in [3.05, 3.63) is 76.1 Å². The Labute approximate surface area is 179 Å². The van der Waals surface area contributed by atoms with E-state index in [4.69, 9.17) is 25.8 Å². The SMILES string of the molecule is COc1ccc(OC)c(C(=O)COC(=O)c2c(C)nn(Cc3ccccc3)c2Cl)c1. The van der Waals surface area contributed by atoms with E-state index in [1.54, 1.807) is 19.1 Å². The van der Waals surface area contributed by atoms with Crippen LogP contribution in [0.3, 0.4) is 0 Å². The fraction of sp³-hybridized carbons (Fsp3) is 0.227. The summed E-state index contributed by atoms with van der Waals surface area (Å²) in [5.74, 6) is -0.287. The molecule has 3 aromatic rings. The lowest BCUT2D eigenvalue weighted by molar-refractivity contribution is 0.0473. The Kier molecular flexibility index (Phi) is 6.74. The summed E-state index contributed by atoms with van der Waals surface area (Å²) >= 11 is 6.37. The molecule has 0 saturated carbocycles. The van der Waals surface area contributed by atoms with Crippen molar-refractivity contribution in [2.24, 2.45) is 0 Å². The maximum absolute atomic E-state index is 12.6. The van der Waals surface area contributed by atoms with Crippen molar-refractivity contribution >= 4 is 23.4 Å². The molecule has 0 aliphatic heterocycles. The molecule has 0 spiro atoms. The summed E-state index contributed by atoms with van der Waals surface area (Å²) in [6.45, 7) is 1.60. The third-order valence-electron chi connectivity index (χ3n) is 4.49. The van der Waals surface area contributed by atoms with Crippen LogP contribution in [0.2, 0.25) is 5.15 Å². The fourth-order valence-electron chi connectivity index (χ4n) is 2.96. The molecule has 0 bridgehead atoms. The van der Waals surface area contributed by atoms with Crippen LogP contribution in [0, 0.1) is 6.92 Å². The molecule has 0 aliphatic carbocycles. The molecule has 0 atom stereocenters. The fourth-order valence-corrected chi connectivity index (χ4v) is 3.27. The molecular weight excluding hydrogens is 408 g/mol. The van der Waals surface area contributed by atoms with E-state index in [0.717, 1.165) is 5.56 Å². The maximum atomic E-state index is 12.6. The molecule has 2 aromatic carbocycles. The molecule has 3 rings (SSSR count). The molecule has 0 N–H and O–H groups in total. The number of Topliss-reactive ketones (excluding diaryl/α,β-unsaturated/α-hetero) is 1. The first-order chi connectivity index (χ1) is 14.4. The summed E-state index contributed by atoms with van der Waals surface area (Å²) < 4.78 is 17.1. The van der Waals surface area contributed by atoms with Crippen LogP contribution in [-0.4, -0.2) is 42.4 Å². The van der Waals surface area contributed by atoms with Crippen LogP contribution in [0.1, 0.15) is 32.0 Å². The molecule has 0 saturated heterocycles. The predicted molar refractivity (Wildman–Crippen MR) is 112 cm³/mol. The molecule has 0 unspecified atom stereocenters. The van der Waals surface area contributed by atoms with Crippen LogP contribution in [0.4, 0.5) is 0 Å². The average Bonchev–Trinajstić information content (AvgIpc) is 3.04. The van der Waals surface area contributed by atoms with Crippen molar-refractivity contribution in [2.45, 2.75) is 13.5 Å². The van der Waals surface area contributed by atoms with Gasteiger partial charge in [0, 0.05) is 0 Å². The number of aromatic nitrogens is 2. The van der Waals surface area contributed by atoms with Crippen LogP contribution < -0.4 is 9.47 Å². The minimum atomic E-state index is -0.716. The Morgan fingerprint density at radius 1 is 1.07 bits per heavy atom. The molecule has 7 nitrogen and oxygen atoms in total. The number of aryl methyl sites for hydroxylation is 1. The van der Waals surface area contributed by atoms with Crippen molar-refractivity contribution in [1.29, 1.82) is 0 Å². The highest BCUT2D eigenvalue weighted by molar-refractivity contribution is 6.32. The second-order valence-electron chi connectivity index (χ2n) is 6.46. The third kappa shape index (κ3) is 4.63. The number of esters is 1. The summed E-state index contributed by atoms with van der Waals surface area (Å²) in [7, 11) is 2.95. The lowest BCUT2D eigenvalue weighted by Gasteiger charge is -2.10. The molecule has 30 heavy (non-hydrogen) atoms. The smallest absolute Gasteiger partial charge is 0.343 e. The number of carbonyl (C=O) groups excluding carboxylic acids is 2. The van der Waals surface area contributed by atoms with Crippen molar-refractivity contribution in [3.63, 3.8) is 0 Å². The van der Waals surface area contributed by atoms with Gasteiger partial charge in [-0.2, -0.15) is 5.10 Å². The lowest BCUT2D eigenvalue weighted by Crippen LogP contribution is -2.16. The third-order valence-corrected chi connectivity index (χ3v) is 4.87. The second kappa shape index (κ2) is 9.45. The minimum absolute atomic E-state index is 0.137. The molecule has 156 valence electrons. The van der Waals surface area contributed by atoms with Gasteiger partial charge in [-0.25, -0.2) is 9.48 Å². The van der Waals surface area contributed by atoms with Gasteiger partial charge in [-0.3, -0.25) is 4.79 Å². The van der Waals surface area contributed by atoms with Crippen molar-refractivity contribution in [2.75, 3.05) is 20.8 Å². The van der Waals surface area contributed by atoms with Gasteiger partial charge >= 0.3 is 5.97 Å². The summed E-state index contributed by atoms with van der Waals surface area (Å²) in [6, 6.07) is 14.4.